The van der Waals surface area contributed by atoms with E-state index in [1.54, 1.807) is 80.9 Å². The summed E-state index contributed by atoms with van der Waals surface area (Å²) in [4.78, 5) is 41.4. The summed E-state index contributed by atoms with van der Waals surface area (Å²) in [7, 11) is 3.14. The summed E-state index contributed by atoms with van der Waals surface area (Å²) >= 11 is 7.07. The van der Waals surface area contributed by atoms with Gasteiger partial charge in [-0.25, -0.2) is 0 Å². The first-order valence-electron chi connectivity index (χ1n) is 11.7. The quantitative estimate of drug-likeness (QED) is 0.242. The highest BCUT2D eigenvalue weighted by Crippen LogP contribution is 2.37. The number of imide groups is 1. The molecule has 0 aliphatic carbocycles. The standard InChI is InChI=1S/C28H26ClN3O5S/c1-36-16-4-15-32-27(34)24(30-20-11-13-22(37-2)14-12-20)25(28(32)35)38-23-6-3-5-21(17-23)31-26(33)18-7-9-19(29)10-8-18/h3,5-14,17,30H,4,15-16H2,1-2H3,(H,31,33). The summed E-state index contributed by atoms with van der Waals surface area (Å²) < 4.78 is 10.3. The molecule has 0 saturated carbocycles. The van der Waals surface area contributed by atoms with Crippen LogP contribution in [0, 0.1) is 0 Å². The van der Waals surface area contributed by atoms with E-state index in [2.05, 4.69) is 10.6 Å². The van der Waals surface area contributed by atoms with Gasteiger partial charge in [-0.1, -0.05) is 29.4 Å². The van der Waals surface area contributed by atoms with Crippen LogP contribution in [0.3, 0.4) is 0 Å². The van der Waals surface area contributed by atoms with Crippen molar-refractivity contribution in [3.05, 3.63) is 94.0 Å². The van der Waals surface area contributed by atoms with Crippen molar-refractivity contribution in [1.29, 1.82) is 0 Å². The SMILES string of the molecule is COCCCN1C(=O)C(Nc2ccc(OC)cc2)=C(Sc2cccc(NC(=O)c3ccc(Cl)cc3)c2)C1=O. The largest absolute Gasteiger partial charge is 0.497 e. The van der Waals surface area contributed by atoms with Crippen LogP contribution in [0.1, 0.15) is 16.8 Å². The highest BCUT2D eigenvalue weighted by Gasteiger charge is 2.38. The van der Waals surface area contributed by atoms with E-state index in [1.807, 2.05) is 6.07 Å². The number of benzene rings is 3. The molecule has 0 radical (unpaired) electrons. The molecule has 0 fully saturated rings. The minimum Gasteiger partial charge on any atom is -0.497 e. The third-order valence-electron chi connectivity index (χ3n) is 5.63. The molecule has 1 aliphatic rings. The lowest BCUT2D eigenvalue weighted by Crippen LogP contribution is -2.33. The van der Waals surface area contributed by atoms with Gasteiger partial charge in [0.25, 0.3) is 17.7 Å². The fourth-order valence-electron chi connectivity index (χ4n) is 3.71. The molecule has 0 spiro atoms. The molecule has 196 valence electrons. The molecule has 38 heavy (non-hydrogen) atoms. The zero-order valence-corrected chi connectivity index (χ0v) is 22.4. The molecule has 10 heteroatoms. The Morgan fingerprint density at radius 2 is 1.68 bits per heavy atom. The van der Waals surface area contributed by atoms with Gasteiger partial charge in [-0.15, -0.1) is 0 Å². The lowest BCUT2D eigenvalue weighted by Gasteiger charge is -2.14. The number of hydrogen-bond acceptors (Lipinski definition) is 7. The molecule has 0 saturated heterocycles. The summed E-state index contributed by atoms with van der Waals surface area (Å²) in [5.41, 5.74) is 1.85. The molecule has 3 amide bonds. The monoisotopic (exact) mass is 551 g/mol. The highest BCUT2D eigenvalue weighted by atomic mass is 35.5. The number of ether oxygens (including phenoxy) is 2. The van der Waals surface area contributed by atoms with Gasteiger partial charge in [-0.3, -0.25) is 19.3 Å². The van der Waals surface area contributed by atoms with Crippen LogP contribution in [-0.2, 0) is 14.3 Å². The number of halogens is 1. The van der Waals surface area contributed by atoms with Crippen molar-refractivity contribution in [2.24, 2.45) is 0 Å². The number of amides is 3. The molecular weight excluding hydrogens is 526 g/mol. The Bertz CT molecular complexity index is 1360. The third kappa shape index (κ3) is 6.55. The van der Waals surface area contributed by atoms with Crippen LogP contribution in [0.2, 0.25) is 5.02 Å². The number of hydrogen-bond donors (Lipinski definition) is 2. The van der Waals surface area contributed by atoms with Crippen molar-refractivity contribution >= 4 is 52.5 Å². The van der Waals surface area contributed by atoms with Crippen molar-refractivity contribution in [3.8, 4) is 5.75 Å². The molecule has 4 rings (SSSR count). The van der Waals surface area contributed by atoms with Crippen molar-refractivity contribution < 1.29 is 23.9 Å². The van der Waals surface area contributed by atoms with Crippen molar-refractivity contribution in [2.45, 2.75) is 11.3 Å². The Kier molecular flexibility index (Phi) is 9.06. The second kappa shape index (κ2) is 12.6. The number of nitrogens with one attached hydrogen (secondary N) is 2. The Labute approximate surface area is 229 Å². The summed E-state index contributed by atoms with van der Waals surface area (Å²) in [6, 6.07) is 20.7. The maximum atomic E-state index is 13.3. The number of anilines is 2. The number of rotatable bonds is 11. The maximum Gasteiger partial charge on any atom is 0.278 e. The van der Waals surface area contributed by atoms with Crippen molar-refractivity contribution in [2.75, 3.05) is 38.0 Å². The third-order valence-corrected chi connectivity index (χ3v) is 6.96. The number of methoxy groups -OCH3 is 2. The molecule has 0 aromatic heterocycles. The van der Waals surface area contributed by atoms with E-state index in [0.717, 1.165) is 11.8 Å². The van der Waals surface area contributed by atoms with Crippen LogP contribution in [0.15, 0.2) is 88.3 Å². The van der Waals surface area contributed by atoms with Gasteiger partial charge >= 0.3 is 0 Å². The Morgan fingerprint density at radius 3 is 2.37 bits per heavy atom. The molecule has 3 aromatic carbocycles. The molecule has 1 aliphatic heterocycles. The predicted octanol–water partition coefficient (Wildman–Crippen LogP) is 5.42. The molecular formula is C28H26ClN3O5S. The Hall–Kier alpha value is -3.79. The summed E-state index contributed by atoms with van der Waals surface area (Å²) in [5, 5.41) is 6.51. The van der Waals surface area contributed by atoms with Crippen LogP contribution < -0.4 is 15.4 Å². The van der Waals surface area contributed by atoms with Crippen LogP contribution >= 0.6 is 23.4 Å². The molecule has 8 nitrogen and oxygen atoms in total. The number of carbonyl (C=O) groups excluding carboxylic acids is 3. The first kappa shape index (κ1) is 27.3. The first-order valence-corrected chi connectivity index (χ1v) is 12.9. The molecule has 3 aromatic rings. The van der Waals surface area contributed by atoms with Gasteiger partial charge in [-0.05, 0) is 73.2 Å². The van der Waals surface area contributed by atoms with Crippen LogP contribution in [-0.4, -0.2) is 50.0 Å². The zero-order valence-electron chi connectivity index (χ0n) is 20.8. The maximum absolute atomic E-state index is 13.3. The lowest BCUT2D eigenvalue weighted by molar-refractivity contribution is -0.137. The number of thioether (sulfide) groups is 1. The minimum atomic E-state index is -0.406. The Balaban J connectivity index is 1.57. The van der Waals surface area contributed by atoms with Gasteiger partial charge in [0.2, 0.25) is 0 Å². The van der Waals surface area contributed by atoms with Gasteiger partial charge in [0.1, 0.15) is 16.4 Å². The van der Waals surface area contributed by atoms with E-state index < -0.39 is 5.91 Å². The van der Waals surface area contributed by atoms with E-state index in [9.17, 15) is 14.4 Å². The molecule has 0 bridgehead atoms. The Morgan fingerprint density at radius 1 is 0.947 bits per heavy atom. The fraction of sp³-hybridized carbons (Fsp3) is 0.179. The molecule has 0 atom stereocenters. The van der Waals surface area contributed by atoms with E-state index in [-0.39, 0.29) is 29.0 Å². The van der Waals surface area contributed by atoms with Crippen molar-refractivity contribution in [3.63, 3.8) is 0 Å². The van der Waals surface area contributed by atoms with E-state index in [0.29, 0.717) is 45.6 Å². The van der Waals surface area contributed by atoms with Gasteiger partial charge < -0.3 is 20.1 Å². The summed E-state index contributed by atoms with van der Waals surface area (Å²) in [5.74, 6) is -0.410. The smallest absolute Gasteiger partial charge is 0.278 e. The first-order chi connectivity index (χ1) is 18.4. The summed E-state index contributed by atoms with van der Waals surface area (Å²) in [6.07, 6.45) is 0.522. The van der Waals surface area contributed by atoms with Gasteiger partial charge in [0.05, 0.1) is 7.11 Å². The molecule has 0 unspecified atom stereocenters. The lowest BCUT2D eigenvalue weighted by atomic mass is 10.2. The average Bonchev–Trinajstić information content (AvgIpc) is 3.13. The second-order valence-electron chi connectivity index (χ2n) is 8.26. The van der Waals surface area contributed by atoms with E-state index in [1.165, 1.54) is 4.90 Å². The van der Waals surface area contributed by atoms with Gasteiger partial charge in [-0.2, -0.15) is 0 Å². The van der Waals surface area contributed by atoms with Crippen LogP contribution in [0.25, 0.3) is 0 Å². The minimum absolute atomic E-state index is 0.193. The second-order valence-corrected chi connectivity index (χ2v) is 9.78. The van der Waals surface area contributed by atoms with E-state index in [4.69, 9.17) is 21.1 Å². The highest BCUT2D eigenvalue weighted by molar-refractivity contribution is 8.04. The summed E-state index contributed by atoms with van der Waals surface area (Å²) in [6.45, 7) is 0.663. The normalized spacial score (nSPS) is 13.2. The number of carbonyl (C=O) groups is 3. The average molecular weight is 552 g/mol. The predicted molar refractivity (Wildman–Crippen MR) is 149 cm³/mol. The fourth-order valence-corrected chi connectivity index (χ4v) is 4.84. The van der Waals surface area contributed by atoms with Crippen LogP contribution in [0.4, 0.5) is 11.4 Å². The van der Waals surface area contributed by atoms with Gasteiger partial charge in [0, 0.05) is 47.1 Å². The van der Waals surface area contributed by atoms with Crippen molar-refractivity contribution in [1.82, 2.24) is 4.90 Å². The number of nitrogens with zero attached hydrogens (tertiary/aromatic N) is 1. The zero-order chi connectivity index (χ0) is 27.1. The molecule has 1 heterocycles. The molecule has 2 N–H and O–H groups in total. The van der Waals surface area contributed by atoms with Crippen LogP contribution in [0.5, 0.6) is 5.75 Å². The van der Waals surface area contributed by atoms with E-state index >= 15 is 0 Å². The topological polar surface area (TPSA) is 97.0 Å². The van der Waals surface area contributed by atoms with Gasteiger partial charge in [0.15, 0.2) is 0 Å².